The van der Waals surface area contributed by atoms with Gasteiger partial charge in [0.15, 0.2) is 11.3 Å². The SMILES string of the molecule is CC1=C/C(=C2/C=CC(N)(N=C=O)C(C)=C2)C=CC1(N)N=C=O. The second kappa shape index (κ2) is 5.64. The van der Waals surface area contributed by atoms with Gasteiger partial charge in [-0.15, -0.1) is 0 Å². The molecular weight excluding hydrogens is 280 g/mol. The van der Waals surface area contributed by atoms with Gasteiger partial charge in [0.1, 0.15) is 0 Å². The van der Waals surface area contributed by atoms with E-state index in [9.17, 15) is 9.59 Å². The molecule has 2 unspecified atom stereocenters. The molecule has 2 rings (SSSR count). The molecule has 0 amide bonds. The molecule has 0 heterocycles. The van der Waals surface area contributed by atoms with Crippen molar-refractivity contribution in [3.63, 3.8) is 0 Å². The third kappa shape index (κ3) is 2.72. The summed E-state index contributed by atoms with van der Waals surface area (Å²) >= 11 is 0. The van der Waals surface area contributed by atoms with Gasteiger partial charge in [-0.1, -0.05) is 24.3 Å². The Bertz CT molecular complexity index is 695. The minimum Gasteiger partial charge on any atom is -0.300 e. The maximum absolute atomic E-state index is 10.5. The van der Waals surface area contributed by atoms with Crippen LogP contribution in [-0.2, 0) is 9.59 Å². The lowest BCUT2D eigenvalue weighted by atomic mass is 9.87. The summed E-state index contributed by atoms with van der Waals surface area (Å²) in [6.07, 6.45) is 13.5. The molecule has 22 heavy (non-hydrogen) atoms. The van der Waals surface area contributed by atoms with Crippen molar-refractivity contribution < 1.29 is 9.59 Å². The van der Waals surface area contributed by atoms with Crippen LogP contribution in [0.2, 0.25) is 0 Å². The Labute approximate surface area is 128 Å². The second-order valence-corrected chi connectivity index (χ2v) is 5.29. The number of isocyanates is 2. The quantitative estimate of drug-likeness (QED) is 0.591. The zero-order valence-corrected chi connectivity index (χ0v) is 12.3. The Morgan fingerprint density at radius 1 is 0.864 bits per heavy atom. The van der Waals surface area contributed by atoms with Crippen LogP contribution in [0.4, 0.5) is 0 Å². The lowest BCUT2D eigenvalue weighted by Gasteiger charge is -2.27. The lowest BCUT2D eigenvalue weighted by molar-refractivity contribution is 0.548. The minimum atomic E-state index is -1.15. The van der Waals surface area contributed by atoms with Crippen LogP contribution in [0, 0.1) is 0 Å². The minimum absolute atomic E-state index is 0.718. The first kappa shape index (κ1) is 15.8. The summed E-state index contributed by atoms with van der Waals surface area (Å²) in [6.45, 7) is 3.58. The van der Waals surface area contributed by atoms with Crippen molar-refractivity contribution in [3.05, 3.63) is 58.7 Å². The fourth-order valence-electron chi connectivity index (χ4n) is 2.25. The van der Waals surface area contributed by atoms with Crippen molar-refractivity contribution in [1.82, 2.24) is 0 Å². The van der Waals surface area contributed by atoms with Crippen LogP contribution in [0.5, 0.6) is 0 Å². The predicted molar refractivity (Wildman–Crippen MR) is 82.9 cm³/mol. The van der Waals surface area contributed by atoms with E-state index in [1.54, 1.807) is 38.2 Å². The first-order chi connectivity index (χ1) is 10.3. The highest BCUT2D eigenvalue weighted by atomic mass is 16.1. The van der Waals surface area contributed by atoms with Gasteiger partial charge >= 0.3 is 0 Å². The van der Waals surface area contributed by atoms with Crippen LogP contribution in [0.3, 0.4) is 0 Å². The topological polar surface area (TPSA) is 111 Å². The smallest absolute Gasteiger partial charge is 0.237 e. The number of hydrogen-bond donors (Lipinski definition) is 2. The third-order valence-corrected chi connectivity index (χ3v) is 3.84. The Balaban J connectivity index is 2.45. The van der Waals surface area contributed by atoms with Crippen LogP contribution in [-0.4, -0.2) is 23.5 Å². The van der Waals surface area contributed by atoms with E-state index < -0.39 is 11.3 Å². The average molecular weight is 296 g/mol. The molecule has 4 N–H and O–H groups in total. The van der Waals surface area contributed by atoms with Gasteiger partial charge < -0.3 is 0 Å². The summed E-state index contributed by atoms with van der Waals surface area (Å²) < 4.78 is 0. The molecule has 0 aromatic rings. The Hall–Kier alpha value is -2.62. The molecule has 0 radical (unpaired) electrons. The number of rotatable bonds is 2. The summed E-state index contributed by atoms with van der Waals surface area (Å²) in [5, 5.41) is 0. The molecule has 6 heteroatoms. The van der Waals surface area contributed by atoms with Crippen molar-refractivity contribution >= 4 is 12.2 Å². The lowest BCUT2D eigenvalue weighted by Crippen LogP contribution is -2.38. The Kier molecular flexibility index (Phi) is 4.04. The highest BCUT2D eigenvalue weighted by Crippen LogP contribution is 2.31. The zero-order chi connectivity index (χ0) is 16.4. The van der Waals surface area contributed by atoms with Crippen LogP contribution < -0.4 is 11.5 Å². The van der Waals surface area contributed by atoms with Gasteiger partial charge in [0.05, 0.1) is 0 Å². The molecule has 2 aliphatic rings. The van der Waals surface area contributed by atoms with E-state index in [1.807, 2.05) is 12.2 Å². The fraction of sp³-hybridized carbons (Fsp3) is 0.250. The maximum atomic E-state index is 10.5. The molecule has 2 aliphatic carbocycles. The maximum Gasteiger partial charge on any atom is 0.237 e. The largest absolute Gasteiger partial charge is 0.300 e. The second-order valence-electron chi connectivity index (χ2n) is 5.29. The first-order valence-corrected chi connectivity index (χ1v) is 6.61. The first-order valence-electron chi connectivity index (χ1n) is 6.61. The molecule has 6 nitrogen and oxygen atoms in total. The Morgan fingerprint density at radius 3 is 1.50 bits per heavy atom. The van der Waals surface area contributed by atoms with E-state index in [0.29, 0.717) is 0 Å². The molecule has 0 aromatic carbocycles. The van der Waals surface area contributed by atoms with Crippen molar-refractivity contribution in [2.75, 3.05) is 0 Å². The van der Waals surface area contributed by atoms with E-state index in [4.69, 9.17) is 11.5 Å². The fourth-order valence-corrected chi connectivity index (χ4v) is 2.25. The summed E-state index contributed by atoms with van der Waals surface area (Å²) in [6, 6.07) is 0. The van der Waals surface area contributed by atoms with E-state index in [-0.39, 0.29) is 0 Å². The molecule has 0 aromatic heterocycles. The number of carbonyl (C=O) groups excluding carboxylic acids is 2. The molecule has 0 saturated heterocycles. The van der Waals surface area contributed by atoms with Crippen molar-refractivity contribution in [3.8, 4) is 0 Å². The molecular formula is C16H16N4O2. The summed E-state index contributed by atoms with van der Waals surface area (Å²) in [4.78, 5) is 28.2. The number of aliphatic imine (C=N–C) groups is 2. The van der Waals surface area contributed by atoms with Gasteiger partial charge in [-0.3, -0.25) is 11.5 Å². The molecule has 0 bridgehead atoms. The number of nitrogens with two attached hydrogens (primary N) is 2. The third-order valence-electron chi connectivity index (χ3n) is 3.84. The van der Waals surface area contributed by atoms with Gasteiger partial charge in [-0.2, -0.15) is 9.98 Å². The monoisotopic (exact) mass is 296 g/mol. The highest BCUT2D eigenvalue weighted by Gasteiger charge is 2.28. The van der Waals surface area contributed by atoms with Crippen LogP contribution >= 0.6 is 0 Å². The summed E-state index contributed by atoms with van der Waals surface area (Å²) in [5.74, 6) is 0. The summed E-state index contributed by atoms with van der Waals surface area (Å²) in [5.41, 5.74) is 12.9. The molecule has 0 spiro atoms. The molecule has 0 fully saturated rings. The van der Waals surface area contributed by atoms with Crippen LogP contribution in [0.1, 0.15) is 13.8 Å². The normalized spacial score (nSPS) is 33.5. The summed E-state index contributed by atoms with van der Waals surface area (Å²) in [7, 11) is 0. The number of allylic oxidation sites excluding steroid dienone is 6. The number of nitrogens with zero attached hydrogens (tertiary/aromatic N) is 2. The van der Waals surface area contributed by atoms with Gasteiger partial charge in [-0.05, 0) is 48.3 Å². The van der Waals surface area contributed by atoms with Crippen LogP contribution in [0.15, 0.2) is 68.7 Å². The van der Waals surface area contributed by atoms with E-state index in [1.165, 1.54) is 12.2 Å². The highest BCUT2D eigenvalue weighted by molar-refractivity contribution is 5.58. The van der Waals surface area contributed by atoms with Crippen molar-refractivity contribution in [2.24, 2.45) is 21.5 Å². The average Bonchev–Trinajstić information content (AvgIpc) is 2.46. The van der Waals surface area contributed by atoms with Crippen molar-refractivity contribution in [2.45, 2.75) is 25.2 Å². The van der Waals surface area contributed by atoms with Gasteiger partial charge in [0.25, 0.3) is 0 Å². The standard InChI is InChI=1S/C16H16N4O2/c1-11-7-13(3-5-15(11,17)19-9-21)14-4-6-16(18,20-10-22)12(2)8-14/h3-8H,17-18H2,1-2H3/b14-13-. The molecule has 2 atom stereocenters. The molecule has 0 aliphatic heterocycles. The van der Waals surface area contributed by atoms with Gasteiger partial charge in [-0.25, -0.2) is 9.59 Å². The number of hydrogen-bond acceptors (Lipinski definition) is 6. The zero-order valence-electron chi connectivity index (χ0n) is 12.3. The van der Waals surface area contributed by atoms with Gasteiger partial charge in [0, 0.05) is 0 Å². The van der Waals surface area contributed by atoms with E-state index in [0.717, 1.165) is 22.3 Å². The molecule has 0 saturated carbocycles. The Morgan fingerprint density at radius 2 is 1.23 bits per heavy atom. The van der Waals surface area contributed by atoms with Gasteiger partial charge in [0.2, 0.25) is 12.2 Å². The molecule has 112 valence electrons. The van der Waals surface area contributed by atoms with E-state index >= 15 is 0 Å². The van der Waals surface area contributed by atoms with Crippen molar-refractivity contribution in [1.29, 1.82) is 0 Å². The predicted octanol–water partition coefficient (Wildman–Crippen LogP) is 1.30. The van der Waals surface area contributed by atoms with Crippen LogP contribution in [0.25, 0.3) is 0 Å². The van der Waals surface area contributed by atoms with E-state index in [2.05, 4.69) is 9.98 Å².